The van der Waals surface area contributed by atoms with Crippen LogP contribution >= 0.6 is 0 Å². The summed E-state index contributed by atoms with van der Waals surface area (Å²) in [5, 5.41) is 14.0. The fraction of sp³-hybridized carbons (Fsp3) is 0.500. The molecule has 1 amide bonds. The Morgan fingerprint density at radius 1 is 1.38 bits per heavy atom. The van der Waals surface area contributed by atoms with E-state index in [1.807, 2.05) is 0 Å². The SMILES string of the molecule is O=C(CC(C(=O)O)S(=O)(=O)O)NO. The van der Waals surface area contributed by atoms with E-state index in [-0.39, 0.29) is 0 Å². The molecule has 0 bridgehead atoms. The largest absolute Gasteiger partial charge is 0.480 e. The second-order valence-corrected chi connectivity index (χ2v) is 3.68. The minimum absolute atomic E-state index is 1.04. The highest BCUT2D eigenvalue weighted by Crippen LogP contribution is 2.04. The van der Waals surface area contributed by atoms with Crippen LogP contribution in [-0.4, -0.2) is 40.4 Å². The lowest BCUT2D eigenvalue weighted by Crippen LogP contribution is -2.35. The highest BCUT2D eigenvalue weighted by Gasteiger charge is 2.33. The van der Waals surface area contributed by atoms with Crippen LogP contribution in [0.3, 0.4) is 0 Å². The van der Waals surface area contributed by atoms with Crippen molar-refractivity contribution in [3.8, 4) is 0 Å². The highest BCUT2D eigenvalue weighted by molar-refractivity contribution is 7.87. The zero-order chi connectivity index (χ0) is 10.6. The van der Waals surface area contributed by atoms with Gasteiger partial charge in [0.25, 0.3) is 10.1 Å². The summed E-state index contributed by atoms with van der Waals surface area (Å²) in [5.41, 5.74) is 1.04. The summed E-state index contributed by atoms with van der Waals surface area (Å²) in [6.45, 7) is 0. The van der Waals surface area contributed by atoms with E-state index in [2.05, 4.69) is 0 Å². The summed E-state index contributed by atoms with van der Waals surface area (Å²) in [7, 11) is -4.84. The number of carboxylic acids is 1. The summed E-state index contributed by atoms with van der Waals surface area (Å²) in [5.74, 6) is -3.09. The quantitative estimate of drug-likeness (QED) is 0.246. The van der Waals surface area contributed by atoms with Gasteiger partial charge in [0, 0.05) is 0 Å². The summed E-state index contributed by atoms with van der Waals surface area (Å²) < 4.78 is 29.0. The maximum absolute atomic E-state index is 10.4. The third kappa shape index (κ3) is 3.83. The van der Waals surface area contributed by atoms with Gasteiger partial charge in [0.1, 0.15) is 0 Å². The van der Waals surface area contributed by atoms with Gasteiger partial charge in [-0.25, -0.2) is 5.48 Å². The number of nitrogens with one attached hydrogen (secondary N) is 1. The topological polar surface area (TPSA) is 141 Å². The maximum Gasteiger partial charge on any atom is 0.324 e. The fourth-order valence-electron chi connectivity index (χ4n) is 0.534. The van der Waals surface area contributed by atoms with Crippen LogP contribution in [0.2, 0.25) is 0 Å². The predicted molar refractivity (Wildman–Crippen MR) is 37.5 cm³/mol. The monoisotopic (exact) mass is 213 g/mol. The molecular formula is C4H7NO7S. The van der Waals surface area contributed by atoms with E-state index in [1.165, 1.54) is 0 Å². The van der Waals surface area contributed by atoms with Crippen LogP contribution in [0, 0.1) is 0 Å². The molecule has 0 aliphatic carbocycles. The first-order chi connectivity index (χ1) is 5.79. The smallest absolute Gasteiger partial charge is 0.324 e. The van der Waals surface area contributed by atoms with Crippen molar-refractivity contribution in [1.82, 2.24) is 5.48 Å². The van der Waals surface area contributed by atoms with Crippen molar-refractivity contribution >= 4 is 22.0 Å². The molecule has 0 saturated carbocycles. The number of aliphatic carboxylic acids is 1. The second kappa shape index (κ2) is 4.16. The first-order valence-corrected chi connectivity index (χ1v) is 4.41. The van der Waals surface area contributed by atoms with Gasteiger partial charge in [0.05, 0.1) is 6.42 Å². The first kappa shape index (κ1) is 11.8. The average Bonchev–Trinajstić information content (AvgIpc) is 1.96. The molecule has 0 heterocycles. The molecule has 4 N–H and O–H groups in total. The van der Waals surface area contributed by atoms with E-state index in [0.29, 0.717) is 0 Å². The zero-order valence-corrected chi connectivity index (χ0v) is 6.98. The van der Waals surface area contributed by atoms with Crippen molar-refractivity contribution < 1.29 is 32.9 Å². The highest BCUT2D eigenvalue weighted by atomic mass is 32.2. The number of carbonyl (C=O) groups is 2. The maximum atomic E-state index is 10.4. The average molecular weight is 213 g/mol. The van der Waals surface area contributed by atoms with Crippen LogP contribution in [0.1, 0.15) is 6.42 Å². The molecule has 0 aromatic rings. The molecule has 0 spiro atoms. The van der Waals surface area contributed by atoms with E-state index >= 15 is 0 Å². The molecule has 1 atom stereocenters. The van der Waals surface area contributed by atoms with Crippen LogP contribution in [0.25, 0.3) is 0 Å². The number of hydrogen-bond acceptors (Lipinski definition) is 5. The third-order valence-electron chi connectivity index (χ3n) is 1.13. The molecule has 0 aliphatic heterocycles. The van der Waals surface area contributed by atoms with Crippen molar-refractivity contribution in [1.29, 1.82) is 0 Å². The summed E-state index contributed by atoms with van der Waals surface area (Å²) in [6, 6.07) is 0. The van der Waals surface area contributed by atoms with Crippen molar-refractivity contribution in [3.63, 3.8) is 0 Å². The lowest BCUT2D eigenvalue weighted by atomic mass is 10.3. The minimum Gasteiger partial charge on any atom is -0.480 e. The minimum atomic E-state index is -4.84. The lowest BCUT2D eigenvalue weighted by Gasteiger charge is -2.06. The molecule has 13 heavy (non-hydrogen) atoms. The van der Waals surface area contributed by atoms with Gasteiger partial charge in [0.15, 0.2) is 5.25 Å². The standard InChI is InChI=1S/C4H7NO7S/c6-3(5-9)1-2(4(7)8)13(10,11)12/h2,9H,1H2,(H,5,6)(H,7,8)(H,10,11,12). The van der Waals surface area contributed by atoms with Gasteiger partial charge in [-0.2, -0.15) is 8.42 Å². The summed E-state index contributed by atoms with van der Waals surface area (Å²) in [6.07, 6.45) is -1.05. The first-order valence-electron chi connectivity index (χ1n) is 2.91. The van der Waals surface area contributed by atoms with Crippen molar-refractivity contribution in [2.45, 2.75) is 11.7 Å². The lowest BCUT2D eigenvalue weighted by molar-refractivity contribution is -0.139. The molecule has 8 nitrogen and oxygen atoms in total. The van der Waals surface area contributed by atoms with Crippen molar-refractivity contribution in [2.24, 2.45) is 0 Å². The zero-order valence-electron chi connectivity index (χ0n) is 6.17. The van der Waals surface area contributed by atoms with Crippen LogP contribution in [0.5, 0.6) is 0 Å². The van der Waals surface area contributed by atoms with E-state index in [4.69, 9.17) is 14.9 Å². The van der Waals surface area contributed by atoms with Gasteiger partial charge >= 0.3 is 5.97 Å². The van der Waals surface area contributed by atoms with Gasteiger partial charge in [-0.15, -0.1) is 0 Å². The van der Waals surface area contributed by atoms with Crippen LogP contribution in [0.15, 0.2) is 0 Å². The van der Waals surface area contributed by atoms with Gasteiger partial charge in [-0.3, -0.25) is 19.3 Å². The molecule has 1 unspecified atom stereocenters. The molecule has 0 aliphatic rings. The Balaban J connectivity index is 4.66. The number of rotatable bonds is 4. The molecule has 0 radical (unpaired) electrons. The normalized spacial score (nSPS) is 13.4. The van der Waals surface area contributed by atoms with Crippen molar-refractivity contribution in [2.75, 3.05) is 0 Å². The predicted octanol–water partition coefficient (Wildman–Crippen LogP) is -1.78. The van der Waals surface area contributed by atoms with E-state index < -0.39 is 33.7 Å². The van der Waals surface area contributed by atoms with Crippen LogP contribution in [0.4, 0.5) is 0 Å². The van der Waals surface area contributed by atoms with Gasteiger partial charge < -0.3 is 5.11 Å². The third-order valence-corrected chi connectivity index (χ3v) is 2.22. The number of amides is 1. The Kier molecular flexibility index (Phi) is 3.78. The Morgan fingerprint density at radius 3 is 2.08 bits per heavy atom. The van der Waals surface area contributed by atoms with Crippen molar-refractivity contribution in [3.05, 3.63) is 0 Å². The summed E-state index contributed by atoms with van der Waals surface area (Å²) in [4.78, 5) is 20.6. The summed E-state index contributed by atoms with van der Waals surface area (Å²) >= 11 is 0. The Bertz CT molecular complexity index is 306. The molecular weight excluding hydrogens is 206 g/mol. The second-order valence-electron chi connectivity index (χ2n) is 2.08. The van der Waals surface area contributed by atoms with Crippen LogP contribution in [-0.2, 0) is 19.7 Å². The molecule has 0 saturated heterocycles. The van der Waals surface area contributed by atoms with E-state index in [9.17, 15) is 18.0 Å². The van der Waals surface area contributed by atoms with E-state index in [1.54, 1.807) is 0 Å². The Hall–Kier alpha value is -1.19. The molecule has 0 aromatic heterocycles. The van der Waals surface area contributed by atoms with Gasteiger partial charge in [0.2, 0.25) is 5.91 Å². The number of hydrogen-bond donors (Lipinski definition) is 4. The fourth-order valence-corrected chi connectivity index (χ4v) is 1.15. The van der Waals surface area contributed by atoms with Gasteiger partial charge in [-0.05, 0) is 0 Å². The number of carboxylic acid groups (broad SMARTS) is 1. The Labute approximate surface area is 72.9 Å². The number of hydroxylamine groups is 1. The molecule has 9 heteroatoms. The van der Waals surface area contributed by atoms with Crippen LogP contribution < -0.4 is 5.48 Å². The molecule has 0 fully saturated rings. The molecule has 0 aromatic carbocycles. The van der Waals surface area contributed by atoms with E-state index in [0.717, 1.165) is 5.48 Å². The Morgan fingerprint density at radius 2 is 1.85 bits per heavy atom. The number of carbonyl (C=O) groups excluding carboxylic acids is 1. The van der Waals surface area contributed by atoms with Gasteiger partial charge in [-0.1, -0.05) is 0 Å². The molecule has 0 rings (SSSR count). The molecule has 76 valence electrons.